The summed E-state index contributed by atoms with van der Waals surface area (Å²) in [4.78, 5) is 24.6. The molecule has 1 fully saturated rings. The van der Waals surface area contributed by atoms with Crippen LogP contribution in [0.2, 0.25) is 0 Å². The lowest BCUT2D eigenvalue weighted by molar-refractivity contribution is -0.144. The van der Waals surface area contributed by atoms with E-state index in [0.29, 0.717) is 13.1 Å². The molecule has 2 heterocycles. The Morgan fingerprint density at radius 3 is 2.48 bits per heavy atom. The van der Waals surface area contributed by atoms with Gasteiger partial charge in [-0.3, -0.25) is 4.79 Å². The zero-order valence-corrected chi connectivity index (χ0v) is 12.8. The highest BCUT2D eigenvalue weighted by Crippen LogP contribution is 2.25. The first-order valence-corrected chi connectivity index (χ1v) is 7.14. The Bertz CT molecular complexity index is 546. The van der Waals surface area contributed by atoms with Crippen molar-refractivity contribution in [3.63, 3.8) is 0 Å². The molecule has 1 aliphatic heterocycles. The van der Waals surface area contributed by atoms with Gasteiger partial charge in [0.25, 0.3) is 0 Å². The normalized spacial score (nSPS) is 18.0. The van der Waals surface area contributed by atoms with Crippen LogP contribution in [0.25, 0.3) is 0 Å². The molecule has 1 aromatic heterocycles. The Morgan fingerprint density at radius 2 is 2.00 bits per heavy atom. The van der Waals surface area contributed by atoms with E-state index < -0.39 is 11.9 Å². The van der Waals surface area contributed by atoms with Gasteiger partial charge < -0.3 is 19.7 Å². The van der Waals surface area contributed by atoms with Crippen LogP contribution in [0.3, 0.4) is 0 Å². The summed E-state index contributed by atoms with van der Waals surface area (Å²) in [6.07, 6.45) is 0. The lowest BCUT2D eigenvalue weighted by atomic mass is 9.87. The smallest absolute Gasteiger partial charge is 0.317 e. The molecule has 116 valence electrons. The molecule has 0 saturated carbocycles. The van der Waals surface area contributed by atoms with Crippen LogP contribution in [0.5, 0.6) is 0 Å². The van der Waals surface area contributed by atoms with Gasteiger partial charge in [0.15, 0.2) is 0 Å². The molecule has 2 rings (SSSR count). The average Bonchev–Trinajstić information content (AvgIpc) is 2.66. The van der Waals surface area contributed by atoms with E-state index in [2.05, 4.69) is 5.32 Å². The SMILES string of the molecule is Cc1cc(C(C)NC(=O)N2CC(C(C)C(=O)O)C2)c(C)o1. The first-order valence-electron chi connectivity index (χ1n) is 7.14. The van der Waals surface area contributed by atoms with Gasteiger partial charge in [-0.25, -0.2) is 4.79 Å². The van der Waals surface area contributed by atoms with E-state index >= 15 is 0 Å². The highest BCUT2D eigenvalue weighted by molar-refractivity contribution is 5.76. The predicted octanol–water partition coefficient (Wildman–Crippen LogP) is 2.32. The second-order valence-electron chi connectivity index (χ2n) is 5.83. The van der Waals surface area contributed by atoms with Crippen molar-refractivity contribution in [1.82, 2.24) is 10.2 Å². The van der Waals surface area contributed by atoms with Gasteiger partial charge in [0.2, 0.25) is 0 Å². The molecule has 6 nitrogen and oxygen atoms in total. The highest BCUT2D eigenvalue weighted by atomic mass is 16.4. The van der Waals surface area contributed by atoms with E-state index in [-0.39, 0.29) is 18.0 Å². The first kappa shape index (κ1) is 15.4. The number of hydrogen-bond donors (Lipinski definition) is 2. The average molecular weight is 294 g/mol. The van der Waals surface area contributed by atoms with Gasteiger partial charge in [-0.05, 0) is 26.8 Å². The molecule has 1 aliphatic rings. The van der Waals surface area contributed by atoms with Crippen LogP contribution >= 0.6 is 0 Å². The minimum Gasteiger partial charge on any atom is -0.481 e. The van der Waals surface area contributed by atoms with Gasteiger partial charge in [0.05, 0.1) is 12.0 Å². The zero-order valence-electron chi connectivity index (χ0n) is 12.8. The number of nitrogens with zero attached hydrogens (tertiary/aromatic N) is 1. The summed E-state index contributed by atoms with van der Waals surface area (Å²) in [6.45, 7) is 8.33. The van der Waals surface area contributed by atoms with Crippen molar-refractivity contribution in [3.8, 4) is 0 Å². The van der Waals surface area contributed by atoms with Crippen LogP contribution in [-0.4, -0.2) is 35.1 Å². The van der Waals surface area contributed by atoms with E-state index in [1.807, 2.05) is 26.8 Å². The van der Waals surface area contributed by atoms with Crippen molar-refractivity contribution in [3.05, 3.63) is 23.2 Å². The number of rotatable bonds is 4. The van der Waals surface area contributed by atoms with Gasteiger partial charge >= 0.3 is 12.0 Å². The summed E-state index contributed by atoms with van der Waals surface area (Å²) in [6, 6.07) is 1.63. The van der Waals surface area contributed by atoms with Crippen LogP contribution in [0.1, 0.15) is 37.0 Å². The first-order chi connectivity index (χ1) is 9.79. The molecule has 0 aromatic carbocycles. The molecular weight excluding hydrogens is 272 g/mol. The lowest BCUT2D eigenvalue weighted by Gasteiger charge is -2.41. The molecule has 0 aliphatic carbocycles. The van der Waals surface area contributed by atoms with Gasteiger partial charge in [-0.2, -0.15) is 0 Å². The van der Waals surface area contributed by atoms with Crippen LogP contribution in [0.4, 0.5) is 4.79 Å². The quantitative estimate of drug-likeness (QED) is 0.892. The van der Waals surface area contributed by atoms with Crippen molar-refractivity contribution >= 4 is 12.0 Å². The number of carboxylic acids is 1. The maximum Gasteiger partial charge on any atom is 0.317 e. The third kappa shape index (κ3) is 3.20. The van der Waals surface area contributed by atoms with Crippen LogP contribution in [0.15, 0.2) is 10.5 Å². The number of carbonyl (C=O) groups excluding carboxylic acids is 1. The fourth-order valence-corrected chi connectivity index (χ4v) is 2.63. The number of nitrogens with one attached hydrogen (secondary N) is 1. The number of aryl methyl sites for hydroxylation is 2. The van der Waals surface area contributed by atoms with Gasteiger partial charge in [-0.1, -0.05) is 6.92 Å². The summed E-state index contributed by atoms with van der Waals surface area (Å²) >= 11 is 0. The summed E-state index contributed by atoms with van der Waals surface area (Å²) in [5.41, 5.74) is 0.969. The van der Waals surface area contributed by atoms with E-state index in [4.69, 9.17) is 9.52 Å². The Morgan fingerprint density at radius 1 is 1.38 bits per heavy atom. The molecule has 2 N–H and O–H groups in total. The minimum absolute atomic E-state index is 0.0430. The monoisotopic (exact) mass is 294 g/mol. The molecule has 0 radical (unpaired) electrons. The predicted molar refractivity (Wildman–Crippen MR) is 77.0 cm³/mol. The number of furan rings is 1. The third-order valence-electron chi connectivity index (χ3n) is 4.18. The van der Waals surface area contributed by atoms with Gasteiger partial charge in [0.1, 0.15) is 11.5 Å². The van der Waals surface area contributed by atoms with Crippen molar-refractivity contribution in [2.24, 2.45) is 11.8 Å². The van der Waals surface area contributed by atoms with Crippen molar-refractivity contribution in [2.45, 2.75) is 33.7 Å². The van der Waals surface area contributed by atoms with E-state index in [9.17, 15) is 9.59 Å². The number of aliphatic carboxylic acids is 1. The number of likely N-dealkylation sites (tertiary alicyclic amines) is 1. The number of urea groups is 1. The maximum atomic E-state index is 12.1. The maximum absolute atomic E-state index is 12.1. The van der Waals surface area contributed by atoms with Gasteiger partial charge in [0, 0.05) is 24.6 Å². The Hall–Kier alpha value is -1.98. The van der Waals surface area contributed by atoms with E-state index in [0.717, 1.165) is 17.1 Å². The second kappa shape index (κ2) is 5.79. The molecular formula is C15H22N2O4. The molecule has 0 bridgehead atoms. The zero-order chi connectivity index (χ0) is 15.7. The molecule has 2 amide bonds. The molecule has 6 heteroatoms. The molecule has 21 heavy (non-hydrogen) atoms. The van der Waals surface area contributed by atoms with Crippen LogP contribution in [-0.2, 0) is 4.79 Å². The molecule has 1 aromatic rings. The van der Waals surface area contributed by atoms with E-state index in [1.165, 1.54) is 0 Å². The standard InChI is InChI=1S/C15H22N2O4/c1-8-5-13(11(4)21-8)10(3)16-15(20)17-6-12(7-17)9(2)14(18)19/h5,9-10,12H,6-7H2,1-4H3,(H,16,20)(H,18,19). The second-order valence-corrected chi connectivity index (χ2v) is 5.83. The molecule has 2 atom stereocenters. The van der Waals surface area contributed by atoms with Crippen molar-refractivity contribution < 1.29 is 19.1 Å². The minimum atomic E-state index is -0.807. The Balaban J connectivity index is 1.86. The Labute approximate surface area is 124 Å². The van der Waals surface area contributed by atoms with Crippen molar-refractivity contribution in [1.29, 1.82) is 0 Å². The largest absolute Gasteiger partial charge is 0.481 e. The number of amides is 2. The molecule has 1 saturated heterocycles. The lowest BCUT2D eigenvalue weighted by Crippen LogP contribution is -2.56. The summed E-state index contributed by atoms with van der Waals surface area (Å²) in [7, 11) is 0. The van der Waals surface area contributed by atoms with E-state index in [1.54, 1.807) is 11.8 Å². The number of carboxylic acid groups (broad SMARTS) is 1. The fourth-order valence-electron chi connectivity index (χ4n) is 2.63. The number of hydrogen-bond acceptors (Lipinski definition) is 3. The topological polar surface area (TPSA) is 82.8 Å². The summed E-state index contributed by atoms with van der Waals surface area (Å²) < 4.78 is 5.46. The highest BCUT2D eigenvalue weighted by Gasteiger charge is 2.37. The van der Waals surface area contributed by atoms with Crippen LogP contribution in [0, 0.1) is 25.7 Å². The molecule has 0 spiro atoms. The molecule has 2 unspecified atom stereocenters. The fraction of sp³-hybridized carbons (Fsp3) is 0.600. The van der Waals surface area contributed by atoms with Gasteiger partial charge in [-0.15, -0.1) is 0 Å². The summed E-state index contributed by atoms with van der Waals surface area (Å²) in [5.74, 6) is 0.453. The Kier molecular flexibility index (Phi) is 4.25. The summed E-state index contributed by atoms with van der Waals surface area (Å²) in [5, 5.41) is 11.9. The third-order valence-corrected chi connectivity index (χ3v) is 4.18. The van der Waals surface area contributed by atoms with Crippen LogP contribution < -0.4 is 5.32 Å². The van der Waals surface area contributed by atoms with Crippen molar-refractivity contribution in [2.75, 3.05) is 13.1 Å². The number of carbonyl (C=O) groups is 2.